The van der Waals surface area contributed by atoms with Gasteiger partial charge in [0.25, 0.3) is 0 Å². The van der Waals surface area contributed by atoms with E-state index in [2.05, 4.69) is 21.5 Å². The Morgan fingerprint density at radius 2 is 1.87 bits per heavy atom. The fourth-order valence-electron chi connectivity index (χ4n) is 4.41. The Morgan fingerprint density at radius 1 is 1.13 bits per heavy atom. The highest BCUT2D eigenvalue weighted by atomic mass is 19.4. The summed E-state index contributed by atoms with van der Waals surface area (Å²) in [6.07, 6.45) is 0.520. The monoisotopic (exact) mass is 430 g/mol. The number of ether oxygens (including phenoxy) is 1. The quantitative estimate of drug-likeness (QED) is 0.496. The number of nitrogens with zero attached hydrogens (tertiary/aromatic N) is 1. The predicted octanol–water partition coefficient (Wildman–Crippen LogP) is 5.89. The number of aromatic nitrogens is 1. The van der Waals surface area contributed by atoms with Crippen molar-refractivity contribution in [3.8, 4) is 5.75 Å². The molecule has 1 N–H and O–H groups in total. The number of hydrogen-bond acceptors (Lipinski definition) is 3. The Balaban J connectivity index is 1.58. The van der Waals surface area contributed by atoms with Crippen LogP contribution in [0.1, 0.15) is 53.6 Å². The Morgan fingerprint density at radius 3 is 2.58 bits per heavy atom. The van der Waals surface area contributed by atoms with Crippen molar-refractivity contribution >= 4 is 16.7 Å². The number of nitrogens with one attached hydrogen (secondary N) is 1. The van der Waals surface area contributed by atoms with E-state index >= 15 is 0 Å². The van der Waals surface area contributed by atoms with Crippen LogP contribution < -0.4 is 4.74 Å². The number of piperidine rings is 1. The first-order valence-corrected chi connectivity index (χ1v) is 10.6. The molecule has 0 unspecified atom stereocenters. The van der Waals surface area contributed by atoms with Gasteiger partial charge < -0.3 is 14.6 Å². The minimum atomic E-state index is -4.80. The second kappa shape index (κ2) is 8.75. The van der Waals surface area contributed by atoms with E-state index in [0.717, 1.165) is 55.9 Å². The standard InChI is InChI=1S/C24H25F3N2O2/c1-2-10-29-11-8-16(9-12-29)21-15-28-22-7-6-18(14-20(21)22)23(30)17-4-3-5-19(13-17)31-24(25,26)27/h3-7,13-16,28H,2,8-12H2,1H3. The molecular formula is C24H25F3N2O2. The fourth-order valence-corrected chi connectivity index (χ4v) is 4.41. The second-order valence-corrected chi connectivity index (χ2v) is 8.03. The SMILES string of the molecule is CCCN1CCC(c2c[nH]c3ccc(C(=O)c4cccc(OC(F)(F)F)c4)cc23)CC1. The summed E-state index contributed by atoms with van der Waals surface area (Å²) in [6, 6.07) is 10.6. The molecule has 0 saturated carbocycles. The highest BCUT2D eigenvalue weighted by Crippen LogP contribution is 2.34. The molecule has 1 aliphatic rings. The van der Waals surface area contributed by atoms with Crippen LogP contribution in [0.25, 0.3) is 10.9 Å². The number of aromatic amines is 1. The molecule has 1 saturated heterocycles. The van der Waals surface area contributed by atoms with Gasteiger partial charge in [-0.1, -0.05) is 19.1 Å². The van der Waals surface area contributed by atoms with Crippen LogP contribution in [-0.2, 0) is 0 Å². The van der Waals surface area contributed by atoms with Gasteiger partial charge in [0.1, 0.15) is 5.75 Å². The van der Waals surface area contributed by atoms with E-state index in [1.165, 1.54) is 23.8 Å². The number of rotatable bonds is 6. The van der Waals surface area contributed by atoms with Crippen molar-refractivity contribution in [3.05, 3.63) is 65.4 Å². The molecule has 4 rings (SSSR count). The first kappa shape index (κ1) is 21.4. The number of alkyl halides is 3. The second-order valence-electron chi connectivity index (χ2n) is 8.03. The number of ketones is 1. The highest BCUT2D eigenvalue weighted by Gasteiger charge is 2.31. The van der Waals surface area contributed by atoms with E-state index in [-0.39, 0.29) is 11.3 Å². The Hall–Kier alpha value is -2.80. The third kappa shape index (κ3) is 4.93. The predicted molar refractivity (Wildman–Crippen MR) is 114 cm³/mol. The lowest BCUT2D eigenvalue weighted by molar-refractivity contribution is -0.274. The number of likely N-dealkylation sites (tertiary alicyclic amines) is 1. The molecule has 164 valence electrons. The molecule has 2 aromatic carbocycles. The molecule has 7 heteroatoms. The molecular weight excluding hydrogens is 405 g/mol. The molecule has 31 heavy (non-hydrogen) atoms. The first-order valence-electron chi connectivity index (χ1n) is 10.6. The molecule has 0 radical (unpaired) electrons. The van der Waals surface area contributed by atoms with Crippen LogP contribution in [0.5, 0.6) is 5.75 Å². The van der Waals surface area contributed by atoms with Gasteiger partial charge in [0, 0.05) is 28.2 Å². The fraction of sp³-hybridized carbons (Fsp3) is 0.375. The van der Waals surface area contributed by atoms with Crippen molar-refractivity contribution in [2.24, 2.45) is 0 Å². The van der Waals surface area contributed by atoms with Gasteiger partial charge in [-0.3, -0.25) is 4.79 Å². The normalized spacial score (nSPS) is 16.0. The number of halogens is 3. The van der Waals surface area contributed by atoms with E-state index in [0.29, 0.717) is 11.5 Å². The number of hydrogen-bond donors (Lipinski definition) is 1. The summed E-state index contributed by atoms with van der Waals surface area (Å²) < 4.78 is 41.5. The number of carbonyl (C=O) groups is 1. The minimum absolute atomic E-state index is 0.158. The largest absolute Gasteiger partial charge is 0.573 e. The summed E-state index contributed by atoms with van der Waals surface area (Å²) in [4.78, 5) is 18.8. The van der Waals surface area contributed by atoms with E-state index in [4.69, 9.17) is 0 Å². The molecule has 0 amide bonds. The molecule has 1 aromatic heterocycles. The maximum absolute atomic E-state index is 13.0. The van der Waals surface area contributed by atoms with Crippen LogP contribution in [0, 0.1) is 0 Å². The zero-order valence-corrected chi connectivity index (χ0v) is 17.3. The summed E-state index contributed by atoms with van der Waals surface area (Å²) in [5, 5.41) is 1.00. The van der Waals surface area contributed by atoms with Crippen molar-refractivity contribution in [2.45, 2.75) is 38.5 Å². The van der Waals surface area contributed by atoms with Crippen molar-refractivity contribution in [3.63, 3.8) is 0 Å². The average molecular weight is 430 g/mol. The van der Waals surface area contributed by atoms with Crippen molar-refractivity contribution in [1.82, 2.24) is 9.88 Å². The Labute approximate surface area is 179 Å². The molecule has 3 aromatic rings. The van der Waals surface area contributed by atoms with Crippen LogP contribution in [0.3, 0.4) is 0 Å². The minimum Gasteiger partial charge on any atom is -0.406 e. The van der Waals surface area contributed by atoms with Crippen molar-refractivity contribution < 1.29 is 22.7 Å². The number of benzene rings is 2. The molecule has 0 bridgehead atoms. The lowest BCUT2D eigenvalue weighted by Gasteiger charge is -2.31. The zero-order chi connectivity index (χ0) is 22.0. The summed E-state index contributed by atoms with van der Waals surface area (Å²) in [6.45, 7) is 5.44. The molecule has 1 aliphatic heterocycles. The summed E-state index contributed by atoms with van der Waals surface area (Å²) in [5.41, 5.74) is 2.76. The van der Waals surface area contributed by atoms with E-state index in [1.807, 2.05) is 18.3 Å². The van der Waals surface area contributed by atoms with Gasteiger partial charge in [-0.05, 0) is 80.7 Å². The van der Waals surface area contributed by atoms with Crippen LogP contribution in [0.4, 0.5) is 13.2 Å². The van der Waals surface area contributed by atoms with Crippen LogP contribution in [-0.4, -0.2) is 41.7 Å². The van der Waals surface area contributed by atoms with Crippen molar-refractivity contribution in [1.29, 1.82) is 0 Å². The molecule has 4 nitrogen and oxygen atoms in total. The van der Waals surface area contributed by atoms with Gasteiger partial charge in [-0.2, -0.15) is 0 Å². The van der Waals surface area contributed by atoms with Gasteiger partial charge in [0.15, 0.2) is 5.78 Å². The van der Waals surface area contributed by atoms with Crippen LogP contribution in [0.2, 0.25) is 0 Å². The third-order valence-electron chi connectivity index (χ3n) is 5.87. The smallest absolute Gasteiger partial charge is 0.406 e. The summed E-state index contributed by atoms with van der Waals surface area (Å²) in [7, 11) is 0. The Kier molecular flexibility index (Phi) is 6.05. The van der Waals surface area contributed by atoms with E-state index in [9.17, 15) is 18.0 Å². The summed E-state index contributed by atoms with van der Waals surface area (Å²) in [5.74, 6) is -0.309. The van der Waals surface area contributed by atoms with E-state index < -0.39 is 12.1 Å². The third-order valence-corrected chi connectivity index (χ3v) is 5.87. The van der Waals surface area contributed by atoms with Gasteiger partial charge in [0.05, 0.1) is 0 Å². The van der Waals surface area contributed by atoms with Crippen LogP contribution >= 0.6 is 0 Å². The van der Waals surface area contributed by atoms with E-state index in [1.54, 1.807) is 6.07 Å². The topological polar surface area (TPSA) is 45.3 Å². The lowest BCUT2D eigenvalue weighted by Crippen LogP contribution is -2.33. The lowest BCUT2D eigenvalue weighted by atomic mass is 9.88. The zero-order valence-electron chi connectivity index (χ0n) is 17.3. The molecule has 0 atom stereocenters. The summed E-state index contributed by atoms with van der Waals surface area (Å²) >= 11 is 0. The van der Waals surface area contributed by atoms with Gasteiger partial charge in [-0.25, -0.2) is 0 Å². The number of H-pyrrole nitrogens is 1. The number of carbonyl (C=O) groups excluding carboxylic acids is 1. The maximum Gasteiger partial charge on any atom is 0.573 e. The molecule has 1 fully saturated rings. The number of fused-ring (bicyclic) bond motifs is 1. The average Bonchev–Trinajstić information content (AvgIpc) is 3.16. The van der Waals surface area contributed by atoms with Gasteiger partial charge >= 0.3 is 6.36 Å². The molecule has 0 spiro atoms. The molecule has 0 aliphatic carbocycles. The first-order chi connectivity index (χ1) is 14.8. The van der Waals surface area contributed by atoms with Crippen molar-refractivity contribution in [2.75, 3.05) is 19.6 Å². The van der Waals surface area contributed by atoms with Gasteiger partial charge in [0.2, 0.25) is 0 Å². The maximum atomic E-state index is 13.0. The highest BCUT2D eigenvalue weighted by molar-refractivity contribution is 6.10. The van der Waals surface area contributed by atoms with Gasteiger partial charge in [-0.15, -0.1) is 13.2 Å². The molecule has 2 heterocycles. The van der Waals surface area contributed by atoms with Crippen LogP contribution in [0.15, 0.2) is 48.7 Å². The Bertz CT molecular complexity index is 1070.